The first-order valence-electron chi connectivity index (χ1n) is 8.20. The zero-order valence-corrected chi connectivity index (χ0v) is 12.9. The van der Waals surface area contributed by atoms with E-state index >= 15 is 0 Å². The van der Waals surface area contributed by atoms with Gasteiger partial charge in [-0.25, -0.2) is 0 Å². The maximum Gasteiger partial charge on any atom is 0.0540 e. The minimum Gasteiger partial charge on any atom is -0.309 e. The molecule has 4 nitrogen and oxygen atoms in total. The second-order valence-electron chi connectivity index (χ2n) is 6.49. The standard InChI is InChI=1S/C16H28N4/c1-19(13-6-3-4-7-13)11-10-17-15-8-5-9-16-14(15)12-18-20(16)2/h12-13,15,17H,3-11H2,1-2H3. The number of hydrogen-bond donors (Lipinski definition) is 1. The lowest BCUT2D eigenvalue weighted by molar-refractivity contribution is 0.240. The van der Waals surface area contributed by atoms with Gasteiger partial charge in [0.2, 0.25) is 0 Å². The minimum atomic E-state index is 0.518. The molecule has 1 unspecified atom stereocenters. The summed E-state index contributed by atoms with van der Waals surface area (Å²) in [4.78, 5) is 2.55. The van der Waals surface area contributed by atoms with E-state index in [4.69, 9.17) is 0 Å². The number of fused-ring (bicyclic) bond motifs is 1. The van der Waals surface area contributed by atoms with Crippen LogP contribution < -0.4 is 5.32 Å². The van der Waals surface area contributed by atoms with Crippen molar-refractivity contribution in [2.45, 2.75) is 57.0 Å². The van der Waals surface area contributed by atoms with Crippen molar-refractivity contribution in [1.82, 2.24) is 20.0 Å². The lowest BCUT2D eigenvalue weighted by atomic mass is 9.93. The van der Waals surface area contributed by atoms with Crippen molar-refractivity contribution < 1.29 is 0 Å². The molecule has 1 saturated carbocycles. The molecule has 1 fully saturated rings. The highest BCUT2D eigenvalue weighted by atomic mass is 15.3. The molecule has 0 saturated heterocycles. The SMILES string of the molecule is CN(CCNC1CCCc2c1cnn2C)C1CCCC1. The van der Waals surface area contributed by atoms with Gasteiger partial charge in [0, 0.05) is 43.5 Å². The first-order chi connectivity index (χ1) is 9.75. The van der Waals surface area contributed by atoms with Gasteiger partial charge in [-0.3, -0.25) is 4.68 Å². The molecule has 0 bridgehead atoms. The van der Waals surface area contributed by atoms with Gasteiger partial charge in [-0.05, 0) is 39.2 Å². The summed E-state index contributed by atoms with van der Waals surface area (Å²) in [6.45, 7) is 2.25. The fraction of sp³-hybridized carbons (Fsp3) is 0.812. The van der Waals surface area contributed by atoms with Crippen LogP contribution in [0.4, 0.5) is 0 Å². The average Bonchev–Trinajstić information content (AvgIpc) is 3.10. The number of aromatic nitrogens is 2. The van der Waals surface area contributed by atoms with Crippen LogP contribution in [0.1, 0.15) is 55.8 Å². The Bertz CT molecular complexity index is 434. The smallest absolute Gasteiger partial charge is 0.0540 e. The molecule has 1 atom stereocenters. The molecule has 2 aliphatic rings. The third-order valence-corrected chi connectivity index (χ3v) is 5.18. The molecule has 0 aliphatic heterocycles. The summed E-state index contributed by atoms with van der Waals surface area (Å²) in [5, 5.41) is 8.17. The van der Waals surface area contributed by atoms with Gasteiger partial charge in [0.15, 0.2) is 0 Å². The lowest BCUT2D eigenvalue weighted by Crippen LogP contribution is -2.37. The Balaban J connectivity index is 1.49. The monoisotopic (exact) mass is 276 g/mol. The minimum absolute atomic E-state index is 0.518. The summed E-state index contributed by atoms with van der Waals surface area (Å²) in [7, 11) is 4.35. The Labute approximate surface area is 122 Å². The van der Waals surface area contributed by atoms with Gasteiger partial charge in [-0.2, -0.15) is 5.10 Å². The van der Waals surface area contributed by atoms with Gasteiger partial charge in [-0.15, -0.1) is 0 Å². The molecule has 1 aromatic heterocycles. The Morgan fingerprint density at radius 3 is 2.90 bits per heavy atom. The highest BCUT2D eigenvalue weighted by Gasteiger charge is 2.23. The van der Waals surface area contributed by atoms with Crippen LogP contribution in [0, 0.1) is 0 Å². The largest absolute Gasteiger partial charge is 0.309 e. The number of aryl methyl sites for hydroxylation is 1. The van der Waals surface area contributed by atoms with Crippen LogP contribution in [0.25, 0.3) is 0 Å². The molecule has 1 aromatic rings. The third kappa shape index (κ3) is 2.91. The van der Waals surface area contributed by atoms with Crippen LogP contribution >= 0.6 is 0 Å². The molecule has 0 radical (unpaired) electrons. The summed E-state index contributed by atoms with van der Waals surface area (Å²) in [6.07, 6.45) is 11.4. The third-order valence-electron chi connectivity index (χ3n) is 5.18. The first kappa shape index (κ1) is 14.1. The van der Waals surface area contributed by atoms with Crippen molar-refractivity contribution >= 4 is 0 Å². The zero-order chi connectivity index (χ0) is 13.9. The van der Waals surface area contributed by atoms with Crippen molar-refractivity contribution in [2.24, 2.45) is 7.05 Å². The highest BCUT2D eigenvalue weighted by Crippen LogP contribution is 2.29. The highest BCUT2D eigenvalue weighted by molar-refractivity contribution is 5.24. The summed E-state index contributed by atoms with van der Waals surface area (Å²) < 4.78 is 2.05. The van der Waals surface area contributed by atoms with Crippen LogP contribution in [0.3, 0.4) is 0 Å². The molecule has 112 valence electrons. The van der Waals surface area contributed by atoms with E-state index in [1.165, 1.54) is 56.2 Å². The van der Waals surface area contributed by atoms with Crippen molar-refractivity contribution in [3.05, 3.63) is 17.5 Å². The van der Waals surface area contributed by atoms with Crippen LogP contribution in [0.2, 0.25) is 0 Å². The van der Waals surface area contributed by atoms with E-state index in [1.54, 1.807) is 0 Å². The van der Waals surface area contributed by atoms with Gasteiger partial charge in [0.1, 0.15) is 0 Å². The van der Waals surface area contributed by atoms with Crippen LogP contribution in [0.15, 0.2) is 6.20 Å². The molecule has 4 heteroatoms. The zero-order valence-electron chi connectivity index (χ0n) is 12.9. The molecular formula is C16H28N4. The van der Waals surface area contributed by atoms with E-state index in [-0.39, 0.29) is 0 Å². The fourth-order valence-electron chi connectivity index (χ4n) is 3.86. The Morgan fingerprint density at radius 2 is 2.10 bits per heavy atom. The van der Waals surface area contributed by atoms with Crippen molar-refractivity contribution in [3.63, 3.8) is 0 Å². The van der Waals surface area contributed by atoms with Crippen LogP contribution in [0.5, 0.6) is 0 Å². The molecule has 3 rings (SSSR count). The summed E-state index contributed by atoms with van der Waals surface area (Å²) in [6, 6.07) is 1.35. The van der Waals surface area contributed by atoms with E-state index in [2.05, 4.69) is 35.6 Å². The second kappa shape index (κ2) is 6.27. The number of nitrogens with one attached hydrogen (secondary N) is 1. The van der Waals surface area contributed by atoms with Gasteiger partial charge in [-0.1, -0.05) is 12.8 Å². The van der Waals surface area contributed by atoms with Crippen molar-refractivity contribution in [1.29, 1.82) is 0 Å². The van der Waals surface area contributed by atoms with Crippen LogP contribution in [-0.4, -0.2) is 40.9 Å². The van der Waals surface area contributed by atoms with Crippen molar-refractivity contribution in [2.75, 3.05) is 20.1 Å². The molecule has 1 N–H and O–H groups in total. The van der Waals surface area contributed by atoms with Gasteiger partial charge in [0.25, 0.3) is 0 Å². The summed E-state index contributed by atoms with van der Waals surface area (Å²) >= 11 is 0. The number of likely N-dealkylation sites (N-methyl/N-ethyl adjacent to an activating group) is 1. The lowest BCUT2D eigenvalue weighted by Gasteiger charge is -2.27. The van der Waals surface area contributed by atoms with E-state index < -0.39 is 0 Å². The molecule has 0 aromatic carbocycles. The maximum atomic E-state index is 4.42. The molecule has 20 heavy (non-hydrogen) atoms. The van der Waals surface area contributed by atoms with Crippen LogP contribution in [-0.2, 0) is 13.5 Å². The quantitative estimate of drug-likeness (QED) is 0.895. The number of nitrogens with zero attached hydrogens (tertiary/aromatic N) is 3. The Kier molecular flexibility index (Phi) is 4.41. The molecule has 2 aliphatic carbocycles. The maximum absolute atomic E-state index is 4.42. The molecule has 1 heterocycles. The summed E-state index contributed by atoms with van der Waals surface area (Å²) in [5.74, 6) is 0. The number of rotatable bonds is 5. The van der Waals surface area contributed by atoms with Gasteiger partial charge < -0.3 is 10.2 Å². The van der Waals surface area contributed by atoms with E-state index in [1.807, 2.05) is 4.68 Å². The Hall–Kier alpha value is -0.870. The number of hydrogen-bond acceptors (Lipinski definition) is 3. The topological polar surface area (TPSA) is 33.1 Å². The average molecular weight is 276 g/mol. The van der Waals surface area contributed by atoms with E-state index in [0.717, 1.165) is 19.1 Å². The van der Waals surface area contributed by atoms with E-state index in [9.17, 15) is 0 Å². The second-order valence-corrected chi connectivity index (χ2v) is 6.49. The van der Waals surface area contributed by atoms with Gasteiger partial charge in [0.05, 0.1) is 6.20 Å². The predicted molar refractivity (Wildman–Crippen MR) is 81.8 cm³/mol. The first-order valence-corrected chi connectivity index (χ1v) is 8.20. The molecular weight excluding hydrogens is 248 g/mol. The van der Waals surface area contributed by atoms with E-state index in [0.29, 0.717) is 6.04 Å². The molecule has 0 amide bonds. The normalized spacial score (nSPS) is 23.4. The Morgan fingerprint density at radius 1 is 1.30 bits per heavy atom. The van der Waals surface area contributed by atoms with Crippen molar-refractivity contribution in [3.8, 4) is 0 Å². The molecule has 0 spiro atoms. The predicted octanol–water partition coefficient (Wildman–Crippen LogP) is 2.26. The fourth-order valence-corrected chi connectivity index (χ4v) is 3.86. The summed E-state index contributed by atoms with van der Waals surface area (Å²) in [5.41, 5.74) is 2.86. The van der Waals surface area contributed by atoms with Gasteiger partial charge >= 0.3 is 0 Å².